The van der Waals surface area contributed by atoms with E-state index in [-0.39, 0.29) is 0 Å². The lowest BCUT2D eigenvalue weighted by Gasteiger charge is -2.08. The van der Waals surface area contributed by atoms with Gasteiger partial charge in [0.25, 0.3) is 0 Å². The minimum absolute atomic E-state index is 0.637. The largest absolute Gasteiger partial charge is 0.397 e. The molecular weight excluding hydrogens is 216 g/mol. The lowest BCUT2D eigenvalue weighted by Crippen LogP contribution is -1.95. The predicted molar refractivity (Wildman–Crippen MR) is 63.5 cm³/mol. The molecule has 0 amide bonds. The van der Waals surface area contributed by atoms with Gasteiger partial charge in [0.1, 0.15) is 0 Å². The Bertz CT molecular complexity index is 405. The maximum absolute atomic E-state index is 6.01. The van der Waals surface area contributed by atoms with Crippen molar-refractivity contribution in [3.8, 4) is 0 Å². The zero-order valence-corrected chi connectivity index (χ0v) is 8.90. The number of para-hydroxylation sites is 1. The first-order chi connectivity index (χ1) is 6.77. The summed E-state index contributed by atoms with van der Waals surface area (Å²) in [7, 11) is 0. The van der Waals surface area contributed by atoms with Crippen LogP contribution >= 0.6 is 22.9 Å². The Balaban J connectivity index is 2.33. The van der Waals surface area contributed by atoms with Crippen molar-refractivity contribution in [2.24, 2.45) is 0 Å². The van der Waals surface area contributed by atoms with Crippen molar-refractivity contribution in [1.29, 1.82) is 0 Å². The van der Waals surface area contributed by atoms with Crippen LogP contribution in [0.3, 0.4) is 0 Å². The average molecular weight is 225 g/mol. The van der Waals surface area contributed by atoms with Gasteiger partial charge in [0.05, 0.1) is 21.4 Å². The Morgan fingerprint density at radius 3 is 2.71 bits per heavy atom. The van der Waals surface area contributed by atoms with Crippen LogP contribution in [-0.4, -0.2) is 0 Å². The first-order valence-corrected chi connectivity index (χ1v) is 5.37. The predicted octanol–water partition coefficient (Wildman–Crippen LogP) is 3.73. The maximum atomic E-state index is 6.01. The number of hydrogen-bond acceptors (Lipinski definition) is 3. The van der Waals surface area contributed by atoms with Crippen LogP contribution in [0.15, 0.2) is 35.7 Å². The Hall–Kier alpha value is -1.19. The number of anilines is 3. The van der Waals surface area contributed by atoms with Gasteiger partial charge in [0.2, 0.25) is 0 Å². The van der Waals surface area contributed by atoms with E-state index in [9.17, 15) is 0 Å². The summed E-state index contributed by atoms with van der Waals surface area (Å²) in [4.78, 5) is 0. The fraction of sp³-hybridized carbons (Fsp3) is 0. The number of rotatable bonds is 2. The quantitative estimate of drug-likeness (QED) is 0.763. The third-order valence-corrected chi connectivity index (χ3v) is 2.92. The van der Waals surface area contributed by atoms with Crippen molar-refractivity contribution in [1.82, 2.24) is 0 Å². The van der Waals surface area contributed by atoms with E-state index < -0.39 is 0 Å². The maximum Gasteiger partial charge on any atom is 0.0927 e. The highest BCUT2D eigenvalue weighted by Crippen LogP contribution is 2.32. The molecule has 3 N–H and O–H groups in total. The van der Waals surface area contributed by atoms with Crippen molar-refractivity contribution < 1.29 is 0 Å². The van der Waals surface area contributed by atoms with E-state index in [1.807, 2.05) is 35.7 Å². The number of nitrogens with two attached hydrogens (primary N) is 1. The van der Waals surface area contributed by atoms with Crippen LogP contribution in [0.25, 0.3) is 0 Å². The molecule has 0 radical (unpaired) electrons. The highest BCUT2D eigenvalue weighted by atomic mass is 35.5. The number of hydrogen-bond donors (Lipinski definition) is 2. The zero-order valence-electron chi connectivity index (χ0n) is 7.33. The number of nitrogen functional groups attached to an aromatic ring is 1. The topological polar surface area (TPSA) is 38.0 Å². The molecule has 14 heavy (non-hydrogen) atoms. The molecule has 2 nitrogen and oxygen atoms in total. The summed E-state index contributed by atoms with van der Waals surface area (Å²) in [6.07, 6.45) is 0. The molecule has 4 heteroatoms. The van der Waals surface area contributed by atoms with Crippen molar-refractivity contribution in [3.05, 3.63) is 40.7 Å². The summed E-state index contributed by atoms with van der Waals surface area (Å²) in [6.45, 7) is 0. The van der Waals surface area contributed by atoms with Crippen molar-refractivity contribution >= 4 is 39.3 Å². The smallest absolute Gasteiger partial charge is 0.0927 e. The van der Waals surface area contributed by atoms with Gasteiger partial charge < -0.3 is 11.1 Å². The molecule has 2 aromatic rings. The molecule has 0 fully saturated rings. The molecule has 0 aliphatic carbocycles. The molecule has 1 aromatic heterocycles. The third-order valence-electron chi connectivity index (χ3n) is 1.82. The van der Waals surface area contributed by atoms with E-state index in [1.54, 1.807) is 11.3 Å². The van der Waals surface area contributed by atoms with Crippen molar-refractivity contribution in [2.75, 3.05) is 11.1 Å². The fourth-order valence-corrected chi connectivity index (χ4v) is 2.00. The lowest BCUT2D eigenvalue weighted by molar-refractivity contribution is 1.60. The van der Waals surface area contributed by atoms with Crippen LogP contribution < -0.4 is 11.1 Å². The molecule has 0 saturated carbocycles. The number of halogens is 1. The lowest BCUT2D eigenvalue weighted by atomic mass is 10.2. The normalized spacial score (nSPS) is 10.1. The zero-order chi connectivity index (χ0) is 9.97. The van der Waals surface area contributed by atoms with Crippen LogP contribution in [0.5, 0.6) is 0 Å². The van der Waals surface area contributed by atoms with Gasteiger partial charge in [-0.15, -0.1) is 11.3 Å². The molecule has 0 atom stereocenters. The summed E-state index contributed by atoms with van der Waals surface area (Å²) < 4.78 is 0. The summed E-state index contributed by atoms with van der Waals surface area (Å²) in [5.74, 6) is 0. The van der Waals surface area contributed by atoms with E-state index in [0.717, 1.165) is 10.7 Å². The van der Waals surface area contributed by atoms with Crippen LogP contribution in [0, 0.1) is 0 Å². The second-order valence-electron chi connectivity index (χ2n) is 2.81. The van der Waals surface area contributed by atoms with Crippen LogP contribution in [0.4, 0.5) is 16.4 Å². The average Bonchev–Trinajstić information content (AvgIpc) is 2.64. The second kappa shape index (κ2) is 3.90. The van der Waals surface area contributed by atoms with E-state index in [2.05, 4.69) is 5.32 Å². The molecule has 0 unspecified atom stereocenters. The van der Waals surface area contributed by atoms with Crippen molar-refractivity contribution in [2.45, 2.75) is 0 Å². The summed E-state index contributed by atoms with van der Waals surface area (Å²) in [6, 6.07) is 9.42. The summed E-state index contributed by atoms with van der Waals surface area (Å²) in [5.41, 5.74) is 7.23. The number of thiophene rings is 1. The Morgan fingerprint density at radius 1 is 1.21 bits per heavy atom. The van der Waals surface area contributed by atoms with Crippen LogP contribution in [-0.2, 0) is 0 Å². The molecule has 0 bridgehead atoms. The first kappa shape index (κ1) is 9.37. The van der Waals surface area contributed by atoms with Gasteiger partial charge in [-0.3, -0.25) is 0 Å². The van der Waals surface area contributed by atoms with E-state index in [0.29, 0.717) is 10.7 Å². The van der Waals surface area contributed by atoms with Gasteiger partial charge in [-0.2, -0.15) is 0 Å². The molecule has 0 aliphatic rings. The molecule has 1 heterocycles. The van der Waals surface area contributed by atoms with Crippen molar-refractivity contribution in [3.63, 3.8) is 0 Å². The number of nitrogens with one attached hydrogen (secondary N) is 1. The Morgan fingerprint density at radius 2 is 2.07 bits per heavy atom. The SMILES string of the molecule is Nc1cccc(Cl)c1Nc1cccs1. The Labute approximate surface area is 91.3 Å². The fourth-order valence-electron chi connectivity index (χ4n) is 1.15. The summed E-state index contributed by atoms with van der Waals surface area (Å²) in [5, 5.41) is 6.85. The van der Waals surface area contributed by atoms with Gasteiger partial charge in [-0.05, 0) is 29.6 Å². The first-order valence-electron chi connectivity index (χ1n) is 4.12. The van der Waals surface area contributed by atoms with Gasteiger partial charge in [0, 0.05) is 0 Å². The second-order valence-corrected chi connectivity index (χ2v) is 4.16. The van der Waals surface area contributed by atoms with Gasteiger partial charge in [0.15, 0.2) is 0 Å². The molecule has 1 aromatic carbocycles. The van der Waals surface area contributed by atoms with E-state index in [1.165, 1.54) is 0 Å². The van der Waals surface area contributed by atoms with Gasteiger partial charge in [-0.1, -0.05) is 17.7 Å². The minimum Gasteiger partial charge on any atom is -0.397 e. The molecule has 2 rings (SSSR count). The highest BCUT2D eigenvalue weighted by Gasteiger charge is 2.04. The molecule has 0 aliphatic heterocycles. The number of benzene rings is 1. The van der Waals surface area contributed by atoms with Crippen LogP contribution in [0.2, 0.25) is 5.02 Å². The van der Waals surface area contributed by atoms with Gasteiger partial charge in [-0.25, -0.2) is 0 Å². The van der Waals surface area contributed by atoms with Gasteiger partial charge >= 0.3 is 0 Å². The summed E-state index contributed by atoms with van der Waals surface area (Å²) >= 11 is 7.62. The molecule has 0 saturated heterocycles. The highest BCUT2D eigenvalue weighted by molar-refractivity contribution is 7.14. The van der Waals surface area contributed by atoms with E-state index >= 15 is 0 Å². The standard InChI is InChI=1S/C10H9ClN2S/c11-7-3-1-4-8(12)10(7)13-9-5-2-6-14-9/h1-6,13H,12H2. The molecule has 0 spiro atoms. The monoisotopic (exact) mass is 224 g/mol. The van der Waals surface area contributed by atoms with Crippen LogP contribution in [0.1, 0.15) is 0 Å². The molecular formula is C10H9ClN2S. The van der Waals surface area contributed by atoms with E-state index in [4.69, 9.17) is 17.3 Å². The minimum atomic E-state index is 0.637. The third kappa shape index (κ3) is 1.84. The molecule has 72 valence electrons. The Kier molecular flexibility index (Phi) is 2.61.